The lowest BCUT2D eigenvalue weighted by Crippen LogP contribution is -1.99. The summed E-state index contributed by atoms with van der Waals surface area (Å²) in [5.74, 6) is 0. The molecule has 1 unspecified atom stereocenters. The van der Waals surface area contributed by atoms with E-state index in [0.717, 1.165) is 22.7 Å². The lowest BCUT2D eigenvalue weighted by atomic mass is 9.92. The van der Waals surface area contributed by atoms with E-state index in [1.165, 1.54) is 21.9 Å². The Labute approximate surface area is 138 Å². The Bertz CT molecular complexity index is 959. The number of hydrogen-bond donors (Lipinski definition) is 1. The smallest absolute Gasteiger partial charge is 0.0620 e. The largest absolute Gasteiger partial charge is 0.355 e. The second-order valence-electron chi connectivity index (χ2n) is 5.76. The molecule has 3 heteroatoms. The summed E-state index contributed by atoms with van der Waals surface area (Å²) < 4.78 is 11.9. The van der Waals surface area contributed by atoms with Crippen LogP contribution in [-0.4, -0.2) is 10.5 Å². The Morgan fingerprint density at radius 3 is 2.78 bits per heavy atom. The summed E-state index contributed by atoms with van der Waals surface area (Å²) in [5, 5.41) is 6.03. The SMILES string of the molecule is CS(=O)c1ccccc1Nc1cc2c3c(cccc3c1)C=CC2. The molecule has 0 aliphatic heterocycles. The van der Waals surface area contributed by atoms with Gasteiger partial charge in [-0.2, -0.15) is 0 Å². The highest BCUT2D eigenvalue weighted by Crippen LogP contribution is 2.33. The molecule has 0 heterocycles. The van der Waals surface area contributed by atoms with Crippen molar-refractivity contribution < 1.29 is 4.21 Å². The van der Waals surface area contributed by atoms with Crippen molar-refractivity contribution in [3.05, 3.63) is 71.8 Å². The quantitative estimate of drug-likeness (QED) is 0.744. The molecule has 114 valence electrons. The molecular weight excluding hydrogens is 302 g/mol. The third-order valence-electron chi connectivity index (χ3n) is 4.20. The van der Waals surface area contributed by atoms with Crippen molar-refractivity contribution in [2.24, 2.45) is 0 Å². The fraction of sp³-hybridized carbons (Fsp3) is 0.100. The fourth-order valence-electron chi connectivity index (χ4n) is 3.21. The molecule has 0 bridgehead atoms. The predicted octanol–water partition coefficient (Wildman–Crippen LogP) is 4.89. The number of para-hydroxylation sites is 1. The van der Waals surface area contributed by atoms with E-state index in [2.05, 4.69) is 47.8 Å². The van der Waals surface area contributed by atoms with Gasteiger partial charge < -0.3 is 5.32 Å². The first-order chi connectivity index (χ1) is 11.2. The summed E-state index contributed by atoms with van der Waals surface area (Å²) in [4.78, 5) is 0.829. The van der Waals surface area contributed by atoms with Crippen molar-refractivity contribution >= 4 is 39.0 Å². The Kier molecular flexibility index (Phi) is 3.50. The highest BCUT2D eigenvalue weighted by atomic mass is 32.2. The summed E-state index contributed by atoms with van der Waals surface area (Å²) in [6.07, 6.45) is 7.06. The monoisotopic (exact) mass is 319 g/mol. The van der Waals surface area contributed by atoms with Crippen molar-refractivity contribution in [1.29, 1.82) is 0 Å². The molecule has 0 radical (unpaired) electrons. The van der Waals surface area contributed by atoms with E-state index >= 15 is 0 Å². The molecule has 0 saturated carbocycles. The van der Waals surface area contributed by atoms with Gasteiger partial charge in [0.1, 0.15) is 0 Å². The average Bonchev–Trinajstić information content (AvgIpc) is 2.55. The van der Waals surface area contributed by atoms with Gasteiger partial charge in [0.25, 0.3) is 0 Å². The molecule has 4 rings (SSSR count). The minimum atomic E-state index is -1.01. The summed E-state index contributed by atoms with van der Waals surface area (Å²) in [6, 6.07) is 18.5. The lowest BCUT2D eigenvalue weighted by molar-refractivity contribution is 0.687. The number of hydrogen-bond acceptors (Lipinski definition) is 2. The molecule has 1 N–H and O–H groups in total. The van der Waals surface area contributed by atoms with E-state index < -0.39 is 10.8 Å². The highest BCUT2D eigenvalue weighted by molar-refractivity contribution is 7.84. The number of rotatable bonds is 3. The Hall–Kier alpha value is -2.39. The Morgan fingerprint density at radius 1 is 1.04 bits per heavy atom. The van der Waals surface area contributed by atoms with Gasteiger partial charge in [-0.3, -0.25) is 4.21 Å². The second-order valence-corrected chi connectivity index (χ2v) is 7.11. The number of benzene rings is 3. The van der Waals surface area contributed by atoms with Crippen LogP contribution in [-0.2, 0) is 17.2 Å². The van der Waals surface area contributed by atoms with Gasteiger partial charge in [0, 0.05) is 11.9 Å². The van der Waals surface area contributed by atoms with Crippen LogP contribution in [0.4, 0.5) is 11.4 Å². The molecule has 0 aromatic heterocycles. The zero-order valence-electron chi connectivity index (χ0n) is 12.9. The van der Waals surface area contributed by atoms with Gasteiger partial charge in [0.2, 0.25) is 0 Å². The van der Waals surface area contributed by atoms with E-state index in [-0.39, 0.29) is 0 Å². The van der Waals surface area contributed by atoms with Crippen molar-refractivity contribution in [2.75, 3.05) is 11.6 Å². The summed E-state index contributed by atoms with van der Waals surface area (Å²) in [6.45, 7) is 0. The summed E-state index contributed by atoms with van der Waals surface area (Å²) in [7, 11) is -1.01. The average molecular weight is 319 g/mol. The lowest BCUT2D eigenvalue weighted by Gasteiger charge is -2.16. The molecule has 1 aliphatic rings. The van der Waals surface area contributed by atoms with Gasteiger partial charge in [0.05, 0.1) is 21.4 Å². The fourth-order valence-corrected chi connectivity index (χ4v) is 3.91. The van der Waals surface area contributed by atoms with Crippen LogP contribution in [0.3, 0.4) is 0 Å². The van der Waals surface area contributed by atoms with Crippen LogP contribution in [0.1, 0.15) is 11.1 Å². The van der Waals surface area contributed by atoms with Gasteiger partial charge in [-0.1, -0.05) is 42.5 Å². The predicted molar refractivity (Wildman–Crippen MR) is 98.7 cm³/mol. The van der Waals surface area contributed by atoms with E-state index in [0.29, 0.717) is 0 Å². The van der Waals surface area contributed by atoms with Gasteiger partial charge in [-0.15, -0.1) is 0 Å². The standard InChI is InChI=1S/C20H17NOS/c1-23(22)19-11-3-2-10-18(19)21-17-12-15-8-4-6-14-7-5-9-16(13-17)20(14)15/h2-8,10-13,21H,9H2,1H3. The maximum atomic E-state index is 11.9. The van der Waals surface area contributed by atoms with Gasteiger partial charge in [-0.25, -0.2) is 0 Å². The van der Waals surface area contributed by atoms with Gasteiger partial charge in [-0.05, 0) is 52.6 Å². The maximum absolute atomic E-state index is 11.9. The molecule has 3 aromatic rings. The molecule has 23 heavy (non-hydrogen) atoms. The van der Waals surface area contributed by atoms with Crippen LogP contribution in [0.5, 0.6) is 0 Å². The third-order valence-corrected chi connectivity index (χ3v) is 5.18. The normalized spacial score (nSPS) is 14.0. The van der Waals surface area contributed by atoms with Crippen molar-refractivity contribution in [1.82, 2.24) is 0 Å². The van der Waals surface area contributed by atoms with Crippen molar-refractivity contribution in [3.63, 3.8) is 0 Å². The van der Waals surface area contributed by atoms with Crippen LogP contribution < -0.4 is 5.32 Å². The zero-order chi connectivity index (χ0) is 15.8. The summed E-state index contributed by atoms with van der Waals surface area (Å²) >= 11 is 0. The number of allylic oxidation sites excluding steroid dienone is 1. The molecule has 0 fully saturated rings. The van der Waals surface area contributed by atoms with E-state index in [1.807, 2.05) is 24.3 Å². The van der Waals surface area contributed by atoms with Crippen molar-refractivity contribution in [3.8, 4) is 0 Å². The minimum Gasteiger partial charge on any atom is -0.355 e. The number of nitrogens with one attached hydrogen (secondary N) is 1. The van der Waals surface area contributed by atoms with Crippen LogP contribution in [0.2, 0.25) is 0 Å². The topological polar surface area (TPSA) is 29.1 Å². The number of anilines is 2. The Morgan fingerprint density at radius 2 is 1.91 bits per heavy atom. The maximum Gasteiger partial charge on any atom is 0.0620 e. The summed E-state index contributed by atoms with van der Waals surface area (Å²) in [5.41, 5.74) is 4.56. The first-order valence-corrected chi connectivity index (χ1v) is 9.20. The second kappa shape index (κ2) is 5.67. The molecule has 1 atom stereocenters. The first kappa shape index (κ1) is 14.2. The minimum absolute atomic E-state index is 0.829. The van der Waals surface area contributed by atoms with E-state index in [9.17, 15) is 4.21 Å². The van der Waals surface area contributed by atoms with Crippen LogP contribution in [0, 0.1) is 0 Å². The molecule has 3 aromatic carbocycles. The van der Waals surface area contributed by atoms with Gasteiger partial charge >= 0.3 is 0 Å². The molecule has 0 amide bonds. The van der Waals surface area contributed by atoms with E-state index in [4.69, 9.17) is 0 Å². The van der Waals surface area contributed by atoms with Crippen molar-refractivity contribution in [2.45, 2.75) is 11.3 Å². The van der Waals surface area contributed by atoms with Crippen LogP contribution in [0.15, 0.2) is 65.6 Å². The molecular formula is C20H17NOS. The molecule has 1 aliphatic carbocycles. The van der Waals surface area contributed by atoms with Crippen LogP contribution in [0.25, 0.3) is 16.8 Å². The van der Waals surface area contributed by atoms with Crippen LogP contribution >= 0.6 is 0 Å². The first-order valence-electron chi connectivity index (χ1n) is 7.64. The zero-order valence-corrected chi connectivity index (χ0v) is 13.7. The molecule has 0 spiro atoms. The highest BCUT2D eigenvalue weighted by Gasteiger charge is 2.11. The molecule has 0 saturated heterocycles. The third kappa shape index (κ3) is 2.57. The van der Waals surface area contributed by atoms with E-state index in [1.54, 1.807) is 6.26 Å². The Balaban J connectivity index is 1.82. The van der Waals surface area contributed by atoms with Gasteiger partial charge in [0.15, 0.2) is 0 Å². The molecule has 2 nitrogen and oxygen atoms in total.